The monoisotopic (exact) mass is 234 g/mol. The molecule has 94 valence electrons. The van der Waals surface area contributed by atoms with Gasteiger partial charge in [-0.2, -0.15) is 0 Å². The number of hydrogen-bond acceptors (Lipinski definition) is 2. The van der Waals surface area contributed by atoms with Crippen molar-refractivity contribution in [2.45, 2.75) is 39.2 Å². The highest BCUT2D eigenvalue weighted by atomic mass is 19.3. The summed E-state index contributed by atoms with van der Waals surface area (Å²) in [6.45, 7) is 6.20. The predicted molar refractivity (Wildman–Crippen MR) is 58.4 cm³/mol. The number of carbonyl (C=O) groups excluding carboxylic acids is 1. The Morgan fingerprint density at radius 1 is 1.56 bits per heavy atom. The summed E-state index contributed by atoms with van der Waals surface area (Å²) in [6, 6.07) is 0.00445. The summed E-state index contributed by atoms with van der Waals surface area (Å²) < 4.78 is 27.0. The molecule has 1 N–H and O–H groups in total. The molecule has 16 heavy (non-hydrogen) atoms. The molecule has 1 heterocycles. The number of carbonyl (C=O) groups is 1. The van der Waals surface area contributed by atoms with E-state index in [1.54, 1.807) is 4.90 Å². The number of amides is 1. The van der Waals surface area contributed by atoms with Crippen molar-refractivity contribution in [2.75, 3.05) is 19.6 Å². The maximum atomic E-state index is 13.5. The van der Waals surface area contributed by atoms with Crippen LogP contribution in [-0.4, -0.2) is 42.4 Å². The van der Waals surface area contributed by atoms with Crippen LogP contribution in [0.1, 0.15) is 27.2 Å². The summed E-state index contributed by atoms with van der Waals surface area (Å²) in [5.41, 5.74) is 0. The van der Waals surface area contributed by atoms with Crippen LogP contribution >= 0.6 is 0 Å². The van der Waals surface area contributed by atoms with Crippen LogP contribution < -0.4 is 5.32 Å². The molecule has 5 heteroatoms. The van der Waals surface area contributed by atoms with Crippen LogP contribution in [-0.2, 0) is 4.79 Å². The van der Waals surface area contributed by atoms with E-state index < -0.39 is 11.8 Å². The first-order valence-electron chi connectivity index (χ1n) is 5.74. The standard InChI is InChI=1S/C11H20F2N2O/c1-4-15-6-9(11(12,13)7-15)5-10(16)14-8(2)3/h8-9H,4-7H2,1-3H3,(H,14,16). The molecule has 1 rings (SSSR count). The second-order valence-corrected chi connectivity index (χ2v) is 4.71. The fraction of sp³-hybridized carbons (Fsp3) is 0.909. The molecule has 1 aliphatic rings. The molecule has 0 aromatic heterocycles. The summed E-state index contributed by atoms with van der Waals surface area (Å²) in [5.74, 6) is -3.85. The molecule has 0 spiro atoms. The Labute approximate surface area is 95.2 Å². The van der Waals surface area contributed by atoms with Crippen LogP contribution in [0.4, 0.5) is 8.78 Å². The van der Waals surface area contributed by atoms with Gasteiger partial charge in [-0.15, -0.1) is 0 Å². The molecule has 1 unspecified atom stereocenters. The van der Waals surface area contributed by atoms with Crippen LogP contribution in [0.3, 0.4) is 0 Å². The highest BCUT2D eigenvalue weighted by Crippen LogP contribution is 2.34. The quantitative estimate of drug-likeness (QED) is 0.799. The molecule has 1 aliphatic heterocycles. The SMILES string of the molecule is CCN1CC(CC(=O)NC(C)C)C(F)(F)C1. The number of rotatable bonds is 4. The molecule has 1 atom stereocenters. The molecular weight excluding hydrogens is 214 g/mol. The predicted octanol–water partition coefficient (Wildman–Crippen LogP) is 1.49. The first-order valence-corrected chi connectivity index (χ1v) is 5.74. The summed E-state index contributed by atoms with van der Waals surface area (Å²) in [4.78, 5) is 13.1. The van der Waals surface area contributed by atoms with Gasteiger partial charge in [0.1, 0.15) is 0 Å². The number of nitrogens with zero attached hydrogens (tertiary/aromatic N) is 1. The average Bonchev–Trinajstić information content (AvgIpc) is 2.40. The Hall–Kier alpha value is -0.710. The van der Waals surface area contributed by atoms with E-state index in [4.69, 9.17) is 0 Å². The van der Waals surface area contributed by atoms with Gasteiger partial charge < -0.3 is 5.32 Å². The van der Waals surface area contributed by atoms with Gasteiger partial charge in [0.15, 0.2) is 0 Å². The molecule has 0 aromatic carbocycles. The number of likely N-dealkylation sites (tertiary alicyclic amines) is 1. The smallest absolute Gasteiger partial charge is 0.265 e. The second kappa shape index (κ2) is 5.08. The minimum absolute atomic E-state index is 0.00445. The lowest BCUT2D eigenvalue weighted by Gasteiger charge is -2.17. The second-order valence-electron chi connectivity index (χ2n) is 4.71. The zero-order valence-electron chi connectivity index (χ0n) is 10.1. The molecule has 0 aromatic rings. The molecule has 3 nitrogen and oxygen atoms in total. The van der Waals surface area contributed by atoms with Crippen molar-refractivity contribution < 1.29 is 13.6 Å². The normalized spacial score (nSPS) is 25.0. The van der Waals surface area contributed by atoms with E-state index >= 15 is 0 Å². The van der Waals surface area contributed by atoms with Crippen molar-refractivity contribution in [2.24, 2.45) is 5.92 Å². The number of hydrogen-bond donors (Lipinski definition) is 1. The van der Waals surface area contributed by atoms with Crippen LogP contribution in [0.15, 0.2) is 0 Å². The van der Waals surface area contributed by atoms with Crippen LogP contribution in [0.2, 0.25) is 0 Å². The molecular formula is C11H20F2N2O. The van der Waals surface area contributed by atoms with Gasteiger partial charge in [0.25, 0.3) is 5.92 Å². The third-order valence-corrected chi connectivity index (χ3v) is 2.84. The van der Waals surface area contributed by atoms with Crippen LogP contribution in [0.25, 0.3) is 0 Å². The molecule has 0 radical (unpaired) electrons. The van der Waals surface area contributed by atoms with Gasteiger partial charge in [0.05, 0.1) is 6.54 Å². The van der Waals surface area contributed by atoms with Crippen molar-refractivity contribution in [3.63, 3.8) is 0 Å². The fourth-order valence-electron chi connectivity index (χ4n) is 2.00. The number of alkyl halides is 2. The van der Waals surface area contributed by atoms with Gasteiger partial charge in [0, 0.05) is 24.9 Å². The van der Waals surface area contributed by atoms with Gasteiger partial charge in [-0.25, -0.2) is 8.78 Å². The van der Waals surface area contributed by atoms with Crippen molar-refractivity contribution in [1.82, 2.24) is 10.2 Å². The lowest BCUT2D eigenvalue weighted by atomic mass is 10.0. The maximum Gasteiger partial charge on any atom is 0.265 e. The van der Waals surface area contributed by atoms with Crippen molar-refractivity contribution >= 4 is 5.91 Å². The van der Waals surface area contributed by atoms with E-state index in [0.717, 1.165) is 0 Å². The first kappa shape index (κ1) is 13.4. The Kier molecular flexibility index (Phi) is 4.24. The molecule has 1 fully saturated rings. The topological polar surface area (TPSA) is 32.3 Å². The third-order valence-electron chi connectivity index (χ3n) is 2.84. The van der Waals surface area contributed by atoms with Gasteiger partial charge in [-0.3, -0.25) is 9.69 Å². The maximum absolute atomic E-state index is 13.5. The Bertz CT molecular complexity index is 256. The first-order chi connectivity index (χ1) is 7.35. The van der Waals surface area contributed by atoms with E-state index in [0.29, 0.717) is 13.1 Å². The highest BCUT2D eigenvalue weighted by molar-refractivity contribution is 5.76. The summed E-state index contributed by atoms with van der Waals surface area (Å²) in [5, 5.41) is 2.65. The van der Waals surface area contributed by atoms with Gasteiger partial charge in [-0.05, 0) is 20.4 Å². The van der Waals surface area contributed by atoms with Crippen molar-refractivity contribution in [1.29, 1.82) is 0 Å². The minimum atomic E-state index is -2.73. The largest absolute Gasteiger partial charge is 0.354 e. The van der Waals surface area contributed by atoms with Crippen LogP contribution in [0.5, 0.6) is 0 Å². The lowest BCUT2D eigenvalue weighted by Crippen LogP contribution is -2.36. The van der Waals surface area contributed by atoms with E-state index in [1.807, 2.05) is 20.8 Å². The zero-order chi connectivity index (χ0) is 12.3. The third kappa shape index (κ3) is 3.40. The molecule has 0 saturated carbocycles. The molecule has 0 aliphatic carbocycles. The average molecular weight is 234 g/mol. The number of nitrogens with one attached hydrogen (secondary N) is 1. The van der Waals surface area contributed by atoms with Gasteiger partial charge >= 0.3 is 0 Å². The summed E-state index contributed by atoms with van der Waals surface area (Å²) in [6.07, 6.45) is -0.0817. The van der Waals surface area contributed by atoms with Crippen molar-refractivity contribution in [3.05, 3.63) is 0 Å². The molecule has 1 saturated heterocycles. The zero-order valence-corrected chi connectivity index (χ0v) is 10.1. The van der Waals surface area contributed by atoms with Crippen molar-refractivity contribution in [3.8, 4) is 0 Å². The fourth-order valence-corrected chi connectivity index (χ4v) is 2.00. The van der Waals surface area contributed by atoms with E-state index in [-0.39, 0.29) is 24.9 Å². The molecule has 0 bridgehead atoms. The van der Waals surface area contributed by atoms with Crippen LogP contribution in [0, 0.1) is 5.92 Å². The summed E-state index contributed by atoms with van der Waals surface area (Å²) >= 11 is 0. The molecule has 1 amide bonds. The Morgan fingerprint density at radius 2 is 2.19 bits per heavy atom. The summed E-state index contributed by atoms with van der Waals surface area (Å²) in [7, 11) is 0. The lowest BCUT2D eigenvalue weighted by molar-refractivity contribution is -0.125. The van der Waals surface area contributed by atoms with E-state index in [2.05, 4.69) is 5.32 Å². The minimum Gasteiger partial charge on any atom is -0.354 e. The van der Waals surface area contributed by atoms with Gasteiger partial charge in [-0.1, -0.05) is 6.92 Å². The Balaban J connectivity index is 2.50. The van der Waals surface area contributed by atoms with E-state index in [1.165, 1.54) is 0 Å². The highest BCUT2D eigenvalue weighted by Gasteiger charge is 2.47. The number of halogens is 2. The van der Waals surface area contributed by atoms with Gasteiger partial charge in [0.2, 0.25) is 5.91 Å². The van der Waals surface area contributed by atoms with E-state index in [9.17, 15) is 13.6 Å². The Morgan fingerprint density at radius 3 is 2.62 bits per heavy atom.